The summed E-state index contributed by atoms with van der Waals surface area (Å²) in [5.74, 6) is 0.184. The number of hydrogen-bond donors (Lipinski definition) is 2. The van der Waals surface area contributed by atoms with Crippen LogP contribution in [0.25, 0.3) is 0 Å². The van der Waals surface area contributed by atoms with Crippen LogP contribution in [0, 0.1) is 0 Å². The molecule has 0 spiro atoms. The molecule has 0 aromatic heterocycles. The minimum Gasteiger partial charge on any atom is -0.355 e. The van der Waals surface area contributed by atoms with Crippen molar-refractivity contribution in [3.63, 3.8) is 0 Å². The average molecular weight is 296 g/mol. The molecule has 2 heterocycles. The lowest BCUT2D eigenvalue weighted by atomic mass is 10.0. The van der Waals surface area contributed by atoms with E-state index in [1.807, 2.05) is 6.92 Å². The smallest absolute Gasteiger partial charge is 0.237 e. The molecule has 2 atom stereocenters. The van der Waals surface area contributed by atoms with Gasteiger partial charge in [-0.2, -0.15) is 0 Å². The number of amides is 1. The summed E-state index contributed by atoms with van der Waals surface area (Å²) in [6, 6.07) is 0.718. The molecule has 2 fully saturated rings. The van der Waals surface area contributed by atoms with E-state index in [0.29, 0.717) is 6.04 Å². The Balaban J connectivity index is 1.60. The highest BCUT2D eigenvalue weighted by atomic mass is 16.2. The van der Waals surface area contributed by atoms with Crippen LogP contribution in [0.1, 0.15) is 39.5 Å². The molecule has 2 aliphatic heterocycles. The van der Waals surface area contributed by atoms with E-state index in [9.17, 15) is 4.79 Å². The summed E-state index contributed by atoms with van der Waals surface area (Å²) in [7, 11) is 0. The summed E-state index contributed by atoms with van der Waals surface area (Å²) in [4.78, 5) is 17.0. The van der Waals surface area contributed by atoms with Crippen molar-refractivity contribution >= 4 is 5.91 Å². The monoisotopic (exact) mass is 296 g/mol. The number of piperazine rings is 1. The highest BCUT2D eigenvalue weighted by Crippen LogP contribution is 2.16. The number of nitrogens with one attached hydrogen (secondary N) is 2. The third-order valence-electron chi connectivity index (χ3n) is 4.94. The van der Waals surface area contributed by atoms with Gasteiger partial charge in [0.1, 0.15) is 0 Å². The summed E-state index contributed by atoms with van der Waals surface area (Å²) < 4.78 is 0. The van der Waals surface area contributed by atoms with Crippen LogP contribution in [0.2, 0.25) is 0 Å². The second kappa shape index (κ2) is 8.71. The number of carbonyl (C=O) groups is 1. The fraction of sp³-hybridized carbons (Fsp3) is 0.938. The Morgan fingerprint density at radius 1 is 1.29 bits per heavy atom. The zero-order valence-corrected chi connectivity index (χ0v) is 13.7. The molecule has 0 bridgehead atoms. The molecule has 5 heteroatoms. The first-order valence-electron chi connectivity index (χ1n) is 8.65. The summed E-state index contributed by atoms with van der Waals surface area (Å²) in [5, 5.41) is 6.43. The van der Waals surface area contributed by atoms with Crippen molar-refractivity contribution in [2.24, 2.45) is 0 Å². The quantitative estimate of drug-likeness (QED) is 0.707. The van der Waals surface area contributed by atoms with Gasteiger partial charge in [0.15, 0.2) is 0 Å². The predicted molar refractivity (Wildman–Crippen MR) is 86.4 cm³/mol. The Hall–Kier alpha value is -0.650. The van der Waals surface area contributed by atoms with E-state index in [-0.39, 0.29) is 11.9 Å². The predicted octanol–water partition coefficient (Wildman–Crippen LogP) is 0.661. The fourth-order valence-electron chi connectivity index (χ4n) is 3.37. The topological polar surface area (TPSA) is 47.6 Å². The number of likely N-dealkylation sites (tertiary alicyclic amines) is 1. The molecule has 2 aliphatic rings. The van der Waals surface area contributed by atoms with E-state index in [4.69, 9.17) is 0 Å². The molecule has 0 aliphatic carbocycles. The van der Waals surface area contributed by atoms with Crippen LogP contribution in [-0.2, 0) is 4.79 Å². The van der Waals surface area contributed by atoms with Gasteiger partial charge in [-0.25, -0.2) is 0 Å². The molecule has 0 radical (unpaired) electrons. The van der Waals surface area contributed by atoms with E-state index in [1.165, 1.54) is 25.8 Å². The van der Waals surface area contributed by atoms with Gasteiger partial charge in [-0.3, -0.25) is 9.69 Å². The van der Waals surface area contributed by atoms with Gasteiger partial charge in [0.2, 0.25) is 5.91 Å². The summed E-state index contributed by atoms with van der Waals surface area (Å²) >= 11 is 0. The van der Waals surface area contributed by atoms with Crippen LogP contribution >= 0.6 is 0 Å². The molecule has 2 saturated heterocycles. The number of piperidine rings is 1. The third kappa shape index (κ3) is 5.24. The molecular formula is C16H32N4O. The van der Waals surface area contributed by atoms with Gasteiger partial charge in [-0.15, -0.1) is 0 Å². The Labute approximate surface area is 129 Å². The molecule has 0 aromatic rings. The van der Waals surface area contributed by atoms with E-state index in [2.05, 4.69) is 27.4 Å². The van der Waals surface area contributed by atoms with Crippen LogP contribution in [-0.4, -0.2) is 73.6 Å². The molecule has 1 amide bonds. The van der Waals surface area contributed by atoms with Crippen molar-refractivity contribution in [1.29, 1.82) is 0 Å². The molecule has 2 rings (SSSR count). The van der Waals surface area contributed by atoms with Gasteiger partial charge in [0, 0.05) is 45.3 Å². The van der Waals surface area contributed by atoms with Crippen molar-refractivity contribution in [2.45, 2.75) is 51.6 Å². The van der Waals surface area contributed by atoms with Crippen molar-refractivity contribution < 1.29 is 4.79 Å². The fourth-order valence-corrected chi connectivity index (χ4v) is 3.37. The maximum Gasteiger partial charge on any atom is 0.237 e. The van der Waals surface area contributed by atoms with Gasteiger partial charge < -0.3 is 15.5 Å². The number of hydrogen-bond acceptors (Lipinski definition) is 4. The normalized spacial score (nSPS) is 26.5. The van der Waals surface area contributed by atoms with Crippen LogP contribution in [0.5, 0.6) is 0 Å². The third-order valence-corrected chi connectivity index (χ3v) is 4.94. The highest BCUT2D eigenvalue weighted by Gasteiger charge is 2.22. The van der Waals surface area contributed by atoms with Crippen molar-refractivity contribution in [3.05, 3.63) is 0 Å². The molecule has 21 heavy (non-hydrogen) atoms. The SMILES string of the molecule is CC1CCCCN1CCCNC(=O)C(C)N1CCNCC1. The molecule has 122 valence electrons. The largest absolute Gasteiger partial charge is 0.355 e. The number of nitrogens with zero attached hydrogens (tertiary/aromatic N) is 2. The minimum absolute atomic E-state index is 0.000935. The van der Waals surface area contributed by atoms with Crippen LogP contribution in [0.15, 0.2) is 0 Å². The van der Waals surface area contributed by atoms with Crippen molar-refractivity contribution in [3.8, 4) is 0 Å². The van der Waals surface area contributed by atoms with Crippen molar-refractivity contribution in [1.82, 2.24) is 20.4 Å². The lowest BCUT2D eigenvalue weighted by Gasteiger charge is -2.33. The summed E-state index contributed by atoms with van der Waals surface area (Å²) in [6.07, 6.45) is 5.09. The first-order chi connectivity index (χ1) is 10.2. The zero-order chi connectivity index (χ0) is 15.1. The lowest BCUT2D eigenvalue weighted by Crippen LogP contribution is -2.52. The Morgan fingerprint density at radius 3 is 2.76 bits per heavy atom. The molecule has 0 aromatic carbocycles. The van der Waals surface area contributed by atoms with Gasteiger partial charge in [-0.1, -0.05) is 6.42 Å². The zero-order valence-electron chi connectivity index (χ0n) is 13.7. The molecule has 0 saturated carbocycles. The molecule has 2 N–H and O–H groups in total. The van der Waals surface area contributed by atoms with Crippen LogP contribution in [0.4, 0.5) is 0 Å². The van der Waals surface area contributed by atoms with Crippen molar-refractivity contribution in [2.75, 3.05) is 45.8 Å². The van der Waals surface area contributed by atoms with Crippen LogP contribution < -0.4 is 10.6 Å². The van der Waals surface area contributed by atoms with E-state index >= 15 is 0 Å². The minimum atomic E-state index is 0.000935. The van der Waals surface area contributed by atoms with Crippen LogP contribution in [0.3, 0.4) is 0 Å². The van der Waals surface area contributed by atoms with Gasteiger partial charge in [0.05, 0.1) is 6.04 Å². The maximum atomic E-state index is 12.2. The van der Waals surface area contributed by atoms with Gasteiger partial charge in [-0.05, 0) is 39.7 Å². The Kier molecular flexibility index (Phi) is 6.93. The second-order valence-corrected chi connectivity index (χ2v) is 6.49. The average Bonchev–Trinajstić information content (AvgIpc) is 2.53. The Bertz CT molecular complexity index is 317. The van der Waals surface area contributed by atoms with E-state index in [1.54, 1.807) is 0 Å². The van der Waals surface area contributed by atoms with Gasteiger partial charge in [0.25, 0.3) is 0 Å². The maximum absolute atomic E-state index is 12.2. The van der Waals surface area contributed by atoms with E-state index < -0.39 is 0 Å². The summed E-state index contributed by atoms with van der Waals surface area (Å²) in [5.41, 5.74) is 0. The van der Waals surface area contributed by atoms with E-state index in [0.717, 1.165) is 45.7 Å². The molecule has 2 unspecified atom stereocenters. The lowest BCUT2D eigenvalue weighted by molar-refractivity contribution is -0.126. The first kappa shape index (κ1) is 16.7. The molecule has 5 nitrogen and oxygen atoms in total. The first-order valence-corrected chi connectivity index (χ1v) is 8.65. The molecular weight excluding hydrogens is 264 g/mol. The number of carbonyl (C=O) groups excluding carboxylic acids is 1. The highest BCUT2D eigenvalue weighted by molar-refractivity contribution is 5.81. The number of rotatable bonds is 6. The van der Waals surface area contributed by atoms with Gasteiger partial charge >= 0.3 is 0 Å². The second-order valence-electron chi connectivity index (χ2n) is 6.49. The Morgan fingerprint density at radius 2 is 2.05 bits per heavy atom. The standard InChI is InChI=1S/C16H32N4O/c1-14-6-3-4-10-19(14)11-5-7-18-16(21)15(2)20-12-8-17-9-13-20/h14-15,17H,3-13H2,1-2H3,(H,18,21). The summed E-state index contributed by atoms with van der Waals surface area (Å²) in [6.45, 7) is 11.4.